The largest absolute Gasteiger partial charge is 0.493 e. The van der Waals surface area contributed by atoms with Crippen LogP contribution >= 0.6 is 68.0 Å². The lowest BCUT2D eigenvalue weighted by molar-refractivity contribution is 0.0495. The average Bonchev–Trinajstić information content (AvgIpc) is 0.726. The van der Waals surface area contributed by atoms with Crippen molar-refractivity contribution in [1.29, 1.82) is 0 Å². The van der Waals surface area contributed by atoms with E-state index in [1.54, 1.807) is 34.0 Å². The van der Waals surface area contributed by atoms with E-state index >= 15 is 19.2 Å². The SMILES string of the molecule is CCCCCCCCCCCCOc1cc(OCCCCCCCCCCCC)cc(C(=O)OCCCCCCCc2cc3c4c(ccc5c6c(-c7ccc(-c8ccc(-c9ccc(-c%10ccc(-c%11ccc(-c%12cccs%12)s%11)s%10)s9)s8)s7)cc7c8c(ccc(c2c45)c86)C(=O)N(c2c(C(C)C)cccc2C(C)C)C7=O)C(=O)N(c2c(C(C)C)cccc2C(C)C)C3=O)c1. The summed E-state index contributed by atoms with van der Waals surface area (Å²) in [6.07, 6.45) is 29.4. The number of aryl methyl sites for hydroxylation is 1. The maximum Gasteiger partial charge on any atom is 0.338 e. The number of hydrogen-bond donors (Lipinski definition) is 0. The highest BCUT2D eigenvalue weighted by Crippen LogP contribution is 2.55. The molecule has 0 unspecified atom stereocenters. The maximum absolute atomic E-state index is 16.4. The summed E-state index contributed by atoms with van der Waals surface area (Å²) in [6, 6.07) is 56.6. The van der Waals surface area contributed by atoms with Gasteiger partial charge >= 0.3 is 5.97 Å². The van der Waals surface area contributed by atoms with Crippen molar-refractivity contribution in [3.05, 3.63) is 225 Å². The van der Waals surface area contributed by atoms with Gasteiger partial charge in [0.25, 0.3) is 23.6 Å². The molecule has 0 radical (unpaired) electrons. The van der Waals surface area contributed by atoms with Crippen LogP contribution in [-0.2, 0) is 11.2 Å². The molecule has 10 nitrogen and oxygen atoms in total. The van der Waals surface area contributed by atoms with Crippen molar-refractivity contribution in [2.75, 3.05) is 29.6 Å². The Labute approximate surface area is 769 Å². The highest BCUT2D eigenvalue weighted by molar-refractivity contribution is 7.30. The van der Waals surface area contributed by atoms with E-state index in [1.165, 1.54) is 152 Å². The smallest absolute Gasteiger partial charge is 0.338 e. The van der Waals surface area contributed by atoms with E-state index in [0.717, 1.165) is 132 Å². The first-order chi connectivity index (χ1) is 61.4. The number of carbonyl (C=O) groups excluding carboxylic acids is 5. The van der Waals surface area contributed by atoms with Gasteiger partial charge in [-0.2, -0.15) is 0 Å². The van der Waals surface area contributed by atoms with Crippen molar-refractivity contribution in [3.63, 3.8) is 0 Å². The summed E-state index contributed by atoms with van der Waals surface area (Å²) in [7, 11) is 0. The molecule has 0 saturated heterocycles. The highest BCUT2D eigenvalue weighted by atomic mass is 32.1. The molecule has 8 aromatic carbocycles. The zero-order valence-corrected chi connectivity index (χ0v) is 80.0. The lowest BCUT2D eigenvalue weighted by atomic mass is 9.78. The lowest BCUT2D eigenvalue weighted by Crippen LogP contribution is -2.42. The van der Waals surface area contributed by atoms with Gasteiger partial charge in [-0.05, 0) is 224 Å². The number of amides is 4. The molecule has 126 heavy (non-hydrogen) atoms. The Bertz CT molecular complexity index is 6120. The summed E-state index contributed by atoms with van der Waals surface area (Å²) >= 11 is 10.7. The second-order valence-electron chi connectivity index (χ2n) is 35.9. The number of imide groups is 2. The van der Waals surface area contributed by atoms with Crippen LogP contribution in [0.15, 0.2) is 169 Å². The fourth-order valence-electron chi connectivity index (χ4n) is 18.9. The van der Waals surface area contributed by atoms with Gasteiger partial charge in [0.15, 0.2) is 0 Å². The number of carbonyl (C=O) groups is 5. The zero-order valence-electron chi connectivity index (χ0n) is 75.1. The fraction of sp³-hybridized carbons (Fsp3) is 0.391. The van der Waals surface area contributed by atoms with E-state index in [0.29, 0.717) is 87.5 Å². The molecule has 16 rings (SSSR count). The number of benzene rings is 8. The van der Waals surface area contributed by atoms with Crippen LogP contribution in [0, 0.1) is 0 Å². The number of rotatable bonds is 45. The van der Waals surface area contributed by atoms with E-state index in [4.69, 9.17) is 14.2 Å². The Kier molecular flexibility index (Phi) is 29.5. The van der Waals surface area contributed by atoms with Crippen LogP contribution in [0.4, 0.5) is 11.4 Å². The molecule has 16 heteroatoms. The van der Waals surface area contributed by atoms with Crippen LogP contribution < -0.4 is 19.3 Å². The number of thiophene rings is 6. The molecular formula is C110H120N2O8S6. The second kappa shape index (κ2) is 41.4. The van der Waals surface area contributed by atoms with Gasteiger partial charge in [0, 0.05) is 98.3 Å². The molecule has 0 bridgehead atoms. The first-order valence-corrected chi connectivity index (χ1v) is 51.8. The molecule has 0 atom stereocenters. The summed E-state index contributed by atoms with van der Waals surface area (Å²) in [6.45, 7) is 22.9. The van der Waals surface area contributed by atoms with E-state index < -0.39 is 5.97 Å². The third kappa shape index (κ3) is 19.2. The molecule has 0 aliphatic carbocycles. The third-order valence-corrected chi connectivity index (χ3v) is 32.9. The standard InChI is InChI=1S/C110H120N2O8S6/c1-11-13-15-17-19-21-23-25-29-33-59-118-74-63-73(64-75(66-74)119-60-34-30-26-24-22-20-18-16-14-12-2)110(117)120-61-35-31-27-28-32-39-72-65-85-100-82(106(113)111(108(85)115)104-76(68(3)4)40-36-41-77(104)69(5)6)48-46-81-99-84(67-86-101-83(47-45-80(103(99)101)98(72)102(81)100)107(114)112(109(86)116)105-78(70(7)8)42-37-43-79(105)71(9)10)87-49-50-90(122-87)91-53-54-94(124-91)95-57-58-97(126-95)96-56-55-93(125-96)92-52-51-89(123-92)88-44-38-62-121-88/h36-38,40-58,62-71H,11-35,39,59-61H2,1-10H3. The Morgan fingerprint density at radius 2 is 0.659 bits per heavy atom. The number of fused-ring (bicyclic) bond motifs is 2. The Hall–Kier alpha value is -9.39. The molecule has 0 spiro atoms. The summed E-state index contributed by atoms with van der Waals surface area (Å²) in [5.41, 5.74) is 9.06. The van der Waals surface area contributed by atoms with Gasteiger partial charge < -0.3 is 14.2 Å². The molecule has 0 fully saturated rings. The molecule has 4 amide bonds. The normalized spacial score (nSPS) is 13.0. The minimum Gasteiger partial charge on any atom is -0.493 e. The minimum atomic E-state index is -0.390. The van der Waals surface area contributed by atoms with Crippen LogP contribution in [-0.4, -0.2) is 49.4 Å². The van der Waals surface area contributed by atoms with Gasteiger partial charge in [-0.3, -0.25) is 19.2 Å². The topological polar surface area (TPSA) is 120 Å². The predicted molar refractivity (Wildman–Crippen MR) is 537 cm³/mol. The average molecular weight is 1790 g/mol. The molecule has 2 aliphatic heterocycles. The summed E-state index contributed by atoms with van der Waals surface area (Å²) < 4.78 is 18.8. The zero-order chi connectivity index (χ0) is 87.6. The molecule has 6 aromatic heterocycles. The van der Waals surface area contributed by atoms with E-state index in [2.05, 4.69) is 196 Å². The third-order valence-electron chi connectivity index (χ3n) is 25.6. The van der Waals surface area contributed by atoms with Crippen LogP contribution in [0.25, 0.3) is 102 Å². The molecule has 0 saturated carbocycles. The molecular weight excluding hydrogens is 1670 g/mol. The summed E-state index contributed by atoms with van der Waals surface area (Å²) in [5, 5.41) is 8.47. The van der Waals surface area contributed by atoms with Crippen molar-refractivity contribution in [2.45, 2.75) is 260 Å². The molecule has 14 aromatic rings. The predicted octanol–water partition coefficient (Wildman–Crippen LogP) is 34.2. The van der Waals surface area contributed by atoms with Crippen LogP contribution in [0.1, 0.15) is 333 Å². The van der Waals surface area contributed by atoms with E-state index in [1.807, 2.05) is 76.5 Å². The Morgan fingerprint density at radius 1 is 0.310 bits per heavy atom. The highest BCUT2D eigenvalue weighted by Gasteiger charge is 2.43. The van der Waals surface area contributed by atoms with Gasteiger partial charge in [-0.1, -0.05) is 259 Å². The Balaban J connectivity index is 0.713. The van der Waals surface area contributed by atoms with Gasteiger partial charge in [0.1, 0.15) is 11.5 Å². The van der Waals surface area contributed by atoms with Crippen LogP contribution in [0.2, 0.25) is 0 Å². The van der Waals surface area contributed by atoms with Crippen molar-refractivity contribution in [2.24, 2.45) is 0 Å². The van der Waals surface area contributed by atoms with Crippen molar-refractivity contribution < 1.29 is 38.2 Å². The maximum atomic E-state index is 16.4. The first kappa shape index (κ1) is 90.0. The number of anilines is 2. The number of esters is 1. The van der Waals surface area contributed by atoms with Gasteiger partial charge in [-0.15, -0.1) is 68.0 Å². The molecule has 0 N–H and O–H groups in total. The molecule has 2 aliphatic rings. The quantitative estimate of drug-likeness (QED) is 0.0122. The summed E-state index contributed by atoms with van der Waals surface area (Å²) in [4.78, 5) is 94.9. The first-order valence-electron chi connectivity index (χ1n) is 46.8. The van der Waals surface area contributed by atoms with Crippen molar-refractivity contribution >= 4 is 152 Å². The van der Waals surface area contributed by atoms with Crippen LogP contribution in [0.5, 0.6) is 11.5 Å². The van der Waals surface area contributed by atoms with Gasteiger partial charge in [-0.25, -0.2) is 14.6 Å². The number of unbranched alkanes of at least 4 members (excludes halogenated alkanes) is 22. The second-order valence-corrected chi connectivity index (χ2v) is 42.3. The van der Waals surface area contributed by atoms with Crippen molar-refractivity contribution in [1.82, 2.24) is 0 Å². The number of para-hydroxylation sites is 2. The van der Waals surface area contributed by atoms with E-state index in [9.17, 15) is 4.79 Å². The molecule has 8 heterocycles. The molecule has 654 valence electrons. The lowest BCUT2D eigenvalue weighted by Gasteiger charge is -2.34. The van der Waals surface area contributed by atoms with Crippen LogP contribution in [0.3, 0.4) is 0 Å². The monoisotopic (exact) mass is 1790 g/mol. The number of ether oxygens (including phenoxy) is 3. The minimum absolute atomic E-state index is 0.000246. The van der Waals surface area contributed by atoms with Gasteiger partial charge in [0.05, 0.1) is 36.8 Å². The Morgan fingerprint density at radius 3 is 1.06 bits per heavy atom. The number of hydrogen-bond acceptors (Lipinski definition) is 14. The van der Waals surface area contributed by atoms with E-state index in [-0.39, 0.29) is 53.9 Å². The van der Waals surface area contributed by atoms with Crippen molar-refractivity contribution in [3.8, 4) is 70.7 Å². The van der Waals surface area contributed by atoms with Gasteiger partial charge in [0.2, 0.25) is 0 Å². The fourth-order valence-corrected chi connectivity index (χ4v) is 25.2. The number of nitrogens with zero attached hydrogens (tertiary/aromatic N) is 2. The summed E-state index contributed by atoms with van der Waals surface area (Å²) in [5.74, 6) is -0.585.